The third kappa shape index (κ3) is 1.62. The molecule has 0 aliphatic heterocycles. The van der Waals surface area contributed by atoms with Crippen LogP contribution in [-0.4, -0.2) is 25.6 Å². The summed E-state index contributed by atoms with van der Waals surface area (Å²) in [4.78, 5) is 19.0. The van der Waals surface area contributed by atoms with Gasteiger partial charge in [-0.1, -0.05) is 0 Å². The van der Waals surface area contributed by atoms with E-state index in [9.17, 15) is 4.79 Å². The molecule has 0 spiro atoms. The van der Waals surface area contributed by atoms with E-state index < -0.39 is 5.97 Å². The zero-order valence-electron chi connectivity index (χ0n) is 9.32. The molecule has 0 saturated heterocycles. The van der Waals surface area contributed by atoms with Gasteiger partial charge in [0.25, 0.3) is 0 Å². The van der Waals surface area contributed by atoms with Crippen LogP contribution < -0.4 is 0 Å². The van der Waals surface area contributed by atoms with Crippen LogP contribution >= 0.6 is 0 Å². The molecule has 18 heavy (non-hydrogen) atoms. The predicted octanol–water partition coefficient (Wildman–Crippen LogP) is 2.12. The number of carboxylic acid groups (broad SMARTS) is 1. The molecular formula is C13H9N3O2. The molecule has 0 atom stereocenters. The fourth-order valence-corrected chi connectivity index (χ4v) is 1.83. The van der Waals surface area contributed by atoms with Crippen LogP contribution in [0.15, 0.2) is 49.1 Å². The number of nitrogens with zero attached hydrogens (tertiary/aromatic N) is 3. The van der Waals surface area contributed by atoms with Crippen LogP contribution in [0.1, 0.15) is 10.4 Å². The summed E-state index contributed by atoms with van der Waals surface area (Å²) in [5, 5.41) is 9.89. The maximum atomic E-state index is 10.8. The van der Waals surface area contributed by atoms with Crippen molar-refractivity contribution in [3.05, 3.63) is 54.6 Å². The Morgan fingerprint density at radius 2 is 2.06 bits per heavy atom. The monoisotopic (exact) mass is 239 g/mol. The van der Waals surface area contributed by atoms with Gasteiger partial charge in [0, 0.05) is 24.0 Å². The SMILES string of the molecule is O=C(O)c1ccc(-n2ccc3ccncc32)nc1. The van der Waals surface area contributed by atoms with Gasteiger partial charge in [0.15, 0.2) is 0 Å². The Kier molecular flexibility index (Phi) is 2.30. The second-order valence-corrected chi connectivity index (χ2v) is 3.83. The summed E-state index contributed by atoms with van der Waals surface area (Å²) < 4.78 is 1.87. The molecule has 5 heteroatoms. The molecule has 5 nitrogen and oxygen atoms in total. The number of aromatic nitrogens is 3. The van der Waals surface area contributed by atoms with Gasteiger partial charge in [-0.2, -0.15) is 0 Å². The van der Waals surface area contributed by atoms with Gasteiger partial charge in [-0.05, 0) is 24.3 Å². The summed E-state index contributed by atoms with van der Waals surface area (Å²) in [5.41, 5.74) is 1.11. The van der Waals surface area contributed by atoms with E-state index in [-0.39, 0.29) is 5.56 Å². The lowest BCUT2D eigenvalue weighted by atomic mass is 10.3. The molecule has 0 radical (unpaired) electrons. The summed E-state index contributed by atoms with van der Waals surface area (Å²) in [6.45, 7) is 0. The minimum Gasteiger partial charge on any atom is -0.478 e. The predicted molar refractivity (Wildman–Crippen MR) is 65.8 cm³/mol. The Morgan fingerprint density at radius 1 is 1.17 bits per heavy atom. The summed E-state index contributed by atoms with van der Waals surface area (Å²) >= 11 is 0. The molecule has 0 fully saturated rings. The molecule has 0 unspecified atom stereocenters. The average Bonchev–Trinajstić information content (AvgIpc) is 2.82. The number of hydrogen-bond acceptors (Lipinski definition) is 3. The normalized spacial score (nSPS) is 10.7. The highest BCUT2D eigenvalue weighted by Gasteiger charge is 2.06. The van der Waals surface area contributed by atoms with Gasteiger partial charge in [0.1, 0.15) is 5.82 Å². The minimum absolute atomic E-state index is 0.174. The molecule has 3 rings (SSSR count). The molecule has 3 aromatic heterocycles. The molecule has 0 aromatic carbocycles. The summed E-state index contributed by atoms with van der Waals surface area (Å²) in [6, 6.07) is 7.09. The van der Waals surface area contributed by atoms with E-state index in [0.29, 0.717) is 5.82 Å². The van der Waals surface area contributed by atoms with E-state index in [4.69, 9.17) is 5.11 Å². The van der Waals surface area contributed by atoms with Crippen LogP contribution in [-0.2, 0) is 0 Å². The Bertz CT molecular complexity index is 716. The second-order valence-electron chi connectivity index (χ2n) is 3.83. The molecule has 3 aromatic rings. The molecule has 0 saturated carbocycles. The number of carboxylic acids is 1. The maximum Gasteiger partial charge on any atom is 0.337 e. The van der Waals surface area contributed by atoms with E-state index in [2.05, 4.69) is 9.97 Å². The third-order valence-electron chi connectivity index (χ3n) is 2.74. The van der Waals surface area contributed by atoms with Gasteiger partial charge < -0.3 is 5.11 Å². The standard InChI is InChI=1S/C13H9N3O2/c17-13(18)10-1-2-12(15-7-10)16-6-4-9-3-5-14-8-11(9)16/h1-8H,(H,17,18). The number of pyridine rings is 2. The van der Waals surface area contributed by atoms with Gasteiger partial charge in [0.2, 0.25) is 0 Å². The number of carbonyl (C=O) groups is 1. The van der Waals surface area contributed by atoms with Crippen molar-refractivity contribution < 1.29 is 9.90 Å². The summed E-state index contributed by atoms with van der Waals surface area (Å²) in [6.07, 6.45) is 6.71. The fourth-order valence-electron chi connectivity index (χ4n) is 1.83. The summed E-state index contributed by atoms with van der Waals surface area (Å²) in [7, 11) is 0. The number of hydrogen-bond donors (Lipinski definition) is 1. The van der Waals surface area contributed by atoms with Crippen LogP contribution in [0.5, 0.6) is 0 Å². The number of aromatic carboxylic acids is 1. The quantitative estimate of drug-likeness (QED) is 0.743. The van der Waals surface area contributed by atoms with Gasteiger partial charge in [-0.25, -0.2) is 9.78 Å². The van der Waals surface area contributed by atoms with Crippen LogP contribution in [0, 0.1) is 0 Å². The topological polar surface area (TPSA) is 68.0 Å². The molecular weight excluding hydrogens is 230 g/mol. The Morgan fingerprint density at radius 3 is 2.78 bits per heavy atom. The lowest BCUT2D eigenvalue weighted by Gasteiger charge is -2.04. The van der Waals surface area contributed by atoms with Crippen molar-refractivity contribution >= 4 is 16.9 Å². The van der Waals surface area contributed by atoms with Crippen molar-refractivity contribution in [1.82, 2.24) is 14.5 Å². The zero-order chi connectivity index (χ0) is 12.5. The van der Waals surface area contributed by atoms with Crippen molar-refractivity contribution in [3.63, 3.8) is 0 Å². The first kappa shape index (κ1) is 10.5. The largest absolute Gasteiger partial charge is 0.478 e. The van der Waals surface area contributed by atoms with Gasteiger partial charge >= 0.3 is 5.97 Å². The lowest BCUT2D eigenvalue weighted by Crippen LogP contribution is -2.00. The van der Waals surface area contributed by atoms with E-state index in [1.165, 1.54) is 12.3 Å². The lowest BCUT2D eigenvalue weighted by molar-refractivity contribution is 0.0696. The first-order valence-corrected chi connectivity index (χ1v) is 5.36. The molecule has 0 aliphatic carbocycles. The molecule has 88 valence electrons. The van der Waals surface area contributed by atoms with Crippen molar-refractivity contribution in [2.24, 2.45) is 0 Å². The zero-order valence-corrected chi connectivity index (χ0v) is 9.32. The molecule has 0 aliphatic rings. The molecule has 1 N–H and O–H groups in total. The highest BCUT2D eigenvalue weighted by Crippen LogP contribution is 2.17. The summed E-state index contributed by atoms with van der Waals surface area (Å²) in [5.74, 6) is -0.309. The van der Waals surface area contributed by atoms with E-state index in [1.807, 2.05) is 22.9 Å². The Labute approximate surface area is 102 Å². The van der Waals surface area contributed by atoms with Crippen molar-refractivity contribution in [1.29, 1.82) is 0 Å². The van der Waals surface area contributed by atoms with Gasteiger partial charge in [-0.3, -0.25) is 9.55 Å². The van der Waals surface area contributed by atoms with Crippen molar-refractivity contribution in [2.45, 2.75) is 0 Å². The Balaban J connectivity index is 2.12. The minimum atomic E-state index is -0.979. The Hall–Kier alpha value is -2.69. The smallest absolute Gasteiger partial charge is 0.337 e. The highest BCUT2D eigenvalue weighted by molar-refractivity contribution is 5.87. The van der Waals surface area contributed by atoms with Crippen LogP contribution in [0.2, 0.25) is 0 Å². The van der Waals surface area contributed by atoms with E-state index in [1.54, 1.807) is 18.5 Å². The number of rotatable bonds is 2. The first-order valence-electron chi connectivity index (χ1n) is 5.36. The van der Waals surface area contributed by atoms with Gasteiger partial charge in [-0.15, -0.1) is 0 Å². The van der Waals surface area contributed by atoms with Crippen molar-refractivity contribution in [3.8, 4) is 5.82 Å². The molecule has 0 amide bonds. The van der Waals surface area contributed by atoms with Crippen LogP contribution in [0.4, 0.5) is 0 Å². The van der Waals surface area contributed by atoms with Gasteiger partial charge in [0.05, 0.1) is 17.3 Å². The average molecular weight is 239 g/mol. The first-order chi connectivity index (χ1) is 8.75. The highest BCUT2D eigenvalue weighted by atomic mass is 16.4. The molecule has 0 bridgehead atoms. The fraction of sp³-hybridized carbons (Fsp3) is 0. The van der Waals surface area contributed by atoms with Crippen LogP contribution in [0.3, 0.4) is 0 Å². The van der Waals surface area contributed by atoms with Crippen molar-refractivity contribution in [2.75, 3.05) is 0 Å². The van der Waals surface area contributed by atoms with Crippen LogP contribution in [0.25, 0.3) is 16.7 Å². The maximum absolute atomic E-state index is 10.8. The number of fused-ring (bicyclic) bond motifs is 1. The third-order valence-corrected chi connectivity index (χ3v) is 2.74. The molecule has 3 heterocycles. The van der Waals surface area contributed by atoms with E-state index >= 15 is 0 Å². The second kappa shape index (κ2) is 3.96. The van der Waals surface area contributed by atoms with E-state index in [0.717, 1.165) is 10.9 Å².